The summed E-state index contributed by atoms with van der Waals surface area (Å²) >= 11 is 0. The van der Waals surface area contributed by atoms with Gasteiger partial charge in [0.05, 0.1) is 14.2 Å². The van der Waals surface area contributed by atoms with E-state index < -0.39 is 5.82 Å². The van der Waals surface area contributed by atoms with Crippen LogP contribution in [0.2, 0.25) is 0 Å². The fraction of sp³-hybridized carbons (Fsp3) is 0.286. The van der Waals surface area contributed by atoms with Crippen LogP contribution in [0.4, 0.5) is 4.39 Å². The van der Waals surface area contributed by atoms with Crippen LogP contribution in [0.15, 0.2) is 12.1 Å². The lowest BCUT2D eigenvalue weighted by molar-refractivity contribution is 0.345. The van der Waals surface area contributed by atoms with Gasteiger partial charge in [0.25, 0.3) is 5.88 Å². The summed E-state index contributed by atoms with van der Waals surface area (Å²) in [4.78, 5) is 3.69. The second-order valence-electron chi connectivity index (χ2n) is 1.84. The fourth-order valence-electron chi connectivity index (χ4n) is 0.663. The van der Waals surface area contributed by atoms with E-state index in [0.29, 0.717) is 5.88 Å². The van der Waals surface area contributed by atoms with Gasteiger partial charge in [-0.15, -0.1) is 0 Å². The topological polar surface area (TPSA) is 31.4 Å². The molecule has 0 radical (unpaired) electrons. The molecule has 0 saturated heterocycles. The van der Waals surface area contributed by atoms with Crippen LogP contribution in [0.5, 0.6) is 11.8 Å². The molecule has 3 nitrogen and oxygen atoms in total. The number of aromatic nitrogens is 1. The van der Waals surface area contributed by atoms with E-state index in [4.69, 9.17) is 4.74 Å². The van der Waals surface area contributed by atoms with Crippen molar-refractivity contribution in [3.63, 3.8) is 0 Å². The van der Waals surface area contributed by atoms with Crippen LogP contribution < -0.4 is 9.47 Å². The molecule has 0 aliphatic rings. The second-order valence-corrected chi connectivity index (χ2v) is 1.84. The quantitative estimate of drug-likeness (QED) is 0.645. The molecule has 1 heterocycles. The van der Waals surface area contributed by atoms with Crippen molar-refractivity contribution in [1.29, 1.82) is 0 Å². The predicted molar refractivity (Wildman–Crippen MR) is 37.3 cm³/mol. The Hall–Kier alpha value is -1.32. The highest BCUT2D eigenvalue weighted by Crippen LogP contribution is 2.16. The molecule has 0 aromatic carbocycles. The normalized spacial score (nSPS) is 9.36. The molecule has 0 atom stereocenters. The molecule has 0 N–H and O–H groups in total. The lowest BCUT2D eigenvalue weighted by Crippen LogP contribution is -1.94. The van der Waals surface area contributed by atoms with Gasteiger partial charge >= 0.3 is 0 Å². The molecule has 0 aliphatic carbocycles. The first-order valence-electron chi connectivity index (χ1n) is 3.02. The van der Waals surface area contributed by atoms with Crippen LogP contribution in [0.1, 0.15) is 0 Å². The van der Waals surface area contributed by atoms with Crippen molar-refractivity contribution in [3.8, 4) is 11.8 Å². The van der Waals surface area contributed by atoms with Crippen LogP contribution >= 0.6 is 0 Å². The van der Waals surface area contributed by atoms with Gasteiger partial charge in [0.15, 0.2) is 5.82 Å². The molecule has 0 fully saturated rings. The maximum absolute atomic E-state index is 12.7. The number of hydrogen-bond acceptors (Lipinski definition) is 3. The summed E-state index contributed by atoms with van der Waals surface area (Å²) < 4.78 is 22.0. The standard InChI is InChI=1S/C7H8FNO2/c1-10-6-4-3-5(8)7(9-6)11-2/h3-4H,1-2H3/i8-1. The van der Waals surface area contributed by atoms with Gasteiger partial charge < -0.3 is 9.47 Å². The van der Waals surface area contributed by atoms with Crippen molar-refractivity contribution in [3.05, 3.63) is 17.9 Å². The molecule has 1 rings (SSSR count). The van der Waals surface area contributed by atoms with E-state index in [2.05, 4.69) is 9.72 Å². The van der Waals surface area contributed by atoms with Gasteiger partial charge in [-0.25, -0.2) is 4.39 Å². The van der Waals surface area contributed by atoms with E-state index in [1.54, 1.807) is 0 Å². The minimum atomic E-state index is -0.492. The van der Waals surface area contributed by atoms with Crippen LogP contribution in [0, 0.1) is 5.82 Å². The van der Waals surface area contributed by atoms with E-state index in [9.17, 15) is 4.39 Å². The molecule has 0 spiro atoms. The molecule has 11 heavy (non-hydrogen) atoms. The van der Waals surface area contributed by atoms with E-state index in [0.717, 1.165) is 0 Å². The molecular weight excluding hydrogens is 148 g/mol. The van der Waals surface area contributed by atoms with Gasteiger partial charge in [0.1, 0.15) is 0 Å². The Labute approximate surface area is 63.8 Å². The van der Waals surface area contributed by atoms with Gasteiger partial charge in [-0.2, -0.15) is 4.98 Å². The predicted octanol–water partition coefficient (Wildman–Crippen LogP) is 1.24. The monoisotopic (exact) mass is 156 g/mol. The number of halogens is 1. The summed E-state index contributed by atoms with van der Waals surface area (Å²) in [6, 6.07) is 2.67. The highest BCUT2D eigenvalue weighted by Gasteiger charge is 2.04. The molecule has 0 unspecified atom stereocenters. The van der Waals surface area contributed by atoms with Crippen molar-refractivity contribution < 1.29 is 13.9 Å². The maximum atomic E-state index is 12.7. The van der Waals surface area contributed by atoms with Crippen molar-refractivity contribution >= 4 is 0 Å². The summed E-state index contributed by atoms with van der Waals surface area (Å²) in [5.74, 6) is -0.207. The number of rotatable bonds is 2. The van der Waals surface area contributed by atoms with Gasteiger partial charge in [-0.05, 0) is 6.07 Å². The summed E-state index contributed by atoms with van der Waals surface area (Å²) in [6.07, 6.45) is 0. The lowest BCUT2D eigenvalue weighted by Gasteiger charge is -2.01. The maximum Gasteiger partial charge on any atom is 0.253 e. The zero-order chi connectivity index (χ0) is 8.27. The average molecular weight is 156 g/mol. The van der Waals surface area contributed by atoms with Gasteiger partial charge in [-0.1, -0.05) is 0 Å². The Morgan fingerprint density at radius 3 is 2.55 bits per heavy atom. The van der Waals surface area contributed by atoms with Crippen molar-refractivity contribution in [2.24, 2.45) is 0 Å². The Kier molecular flexibility index (Phi) is 2.25. The van der Waals surface area contributed by atoms with Gasteiger partial charge in [-0.3, -0.25) is 0 Å². The minimum Gasteiger partial charge on any atom is -0.481 e. The molecule has 60 valence electrons. The van der Waals surface area contributed by atoms with Crippen LogP contribution in [0.25, 0.3) is 0 Å². The lowest BCUT2D eigenvalue weighted by atomic mass is 10.4. The Morgan fingerprint density at radius 1 is 1.27 bits per heavy atom. The number of ether oxygens (including phenoxy) is 2. The summed E-state index contributed by atoms with van der Waals surface area (Å²) in [7, 11) is 2.81. The van der Waals surface area contributed by atoms with Crippen molar-refractivity contribution in [2.45, 2.75) is 0 Å². The summed E-state index contributed by atoms with van der Waals surface area (Å²) in [5, 5.41) is 0. The first-order valence-corrected chi connectivity index (χ1v) is 3.02. The highest BCUT2D eigenvalue weighted by molar-refractivity contribution is 5.21. The molecule has 0 bridgehead atoms. The molecule has 1 aromatic heterocycles. The highest BCUT2D eigenvalue weighted by atomic mass is 18.2. The largest absolute Gasteiger partial charge is 0.481 e. The van der Waals surface area contributed by atoms with E-state index >= 15 is 0 Å². The van der Waals surface area contributed by atoms with Gasteiger partial charge in [0.2, 0.25) is 5.88 Å². The van der Waals surface area contributed by atoms with Crippen LogP contribution in [-0.4, -0.2) is 19.2 Å². The molecule has 4 heteroatoms. The zero-order valence-electron chi connectivity index (χ0n) is 6.30. The third-order valence-corrected chi connectivity index (χ3v) is 1.19. The number of hydrogen-bond donors (Lipinski definition) is 0. The second kappa shape index (κ2) is 3.18. The molecule has 1 aromatic rings. The van der Waals surface area contributed by atoms with E-state index in [1.165, 1.54) is 26.4 Å². The summed E-state index contributed by atoms with van der Waals surface area (Å²) in [5.41, 5.74) is 0. The van der Waals surface area contributed by atoms with Gasteiger partial charge in [0, 0.05) is 6.07 Å². The first-order chi connectivity index (χ1) is 5.27. The Balaban J connectivity index is 3.02. The van der Waals surface area contributed by atoms with Crippen LogP contribution in [0.3, 0.4) is 0 Å². The van der Waals surface area contributed by atoms with E-state index in [-0.39, 0.29) is 5.88 Å². The minimum absolute atomic E-state index is 0.0515. The fourth-order valence-corrected chi connectivity index (χ4v) is 0.663. The third kappa shape index (κ3) is 1.58. The number of pyridine rings is 1. The first kappa shape index (κ1) is 7.78. The van der Waals surface area contributed by atoms with Crippen molar-refractivity contribution in [2.75, 3.05) is 14.2 Å². The number of nitrogens with zero attached hydrogens (tertiary/aromatic N) is 1. The molecule has 0 amide bonds. The number of methoxy groups -OCH3 is 2. The molecular formula is C7H8FNO2. The third-order valence-electron chi connectivity index (χ3n) is 1.19. The zero-order valence-corrected chi connectivity index (χ0v) is 6.30. The van der Waals surface area contributed by atoms with Crippen LogP contribution in [-0.2, 0) is 0 Å². The Bertz CT molecular complexity index is 252. The summed E-state index contributed by atoms with van der Waals surface area (Å²) in [6.45, 7) is 0. The van der Waals surface area contributed by atoms with Crippen molar-refractivity contribution in [1.82, 2.24) is 4.98 Å². The molecule has 0 saturated carbocycles. The van der Waals surface area contributed by atoms with E-state index in [1.807, 2.05) is 0 Å². The SMILES string of the molecule is COc1ccc([18F])c(OC)n1. The smallest absolute Gasteiger partial charge is 0.253 e. The average Bonchev–Trinajstić information content (AvgIpc) is 2.05. The Morgan fingerprint density at radius 2 is 2.00 bits per heavy atom. The molecule has 0 aliphatic heterocycles.